The minimum Gasteiger partial charge on any atom is -0.292 e. The largest absolute Gasteiger partial charge is 0.292 e. The number of thioether (sulfide) groups is 1. The first-order valence-electron chi connectivity index (χ1n) is 9.78. The molecule has 152 valence electrons. The third-order valence-corrected chi connectivity index (χ3v) is 7.26. The number of carbonyl (C=O) groups is 1. The van der Waals surface area contributed by atoms with Gasteiger partial charge in [-0.2, -0.15) is 0 Å². The maximum atomic E-state index is 13.1. The number of carbonyl (C=O) groups excluding carboxylic acids is 1. The Morgan fingerprint density at radius 1 is 0.968 bits per heavy atom. The molecular weight excluding hydrogens is 424 g/mol. The van der Waals surface area contributed by atoms with Crippen LogP contribution in [0.3, 0.4) is 0 Å². The summed E-state index contributed by atoms with van der Waals surface area (Å²) in [6.07, 6.45) is 3.47. The average molecular weight is 443 g/mol. The minimum atomic E-state index is 0.108. The third-order valence-electron chi connectivity index (χ3n) is 5.02. The quantitative estimate of drug-likeness (QED) is 0.245. The lowest BCUT2D eigenvalue weighted by Gasteiger charge is -2.10. The summed E-state index contributed by atoms with van der Waals surface area (Å²) in [5.74, 6) is 1.13. The first-order valence-corrected chi connectivity index (χ1v) is 11.6. The van der Waals surface area contributed by atoms with Crippen molar-refractivity contribution in [2.75, 3.05) is 5.75 Å². The molecule has 0 spiro atoms. The second kappa shape index (κ2) is 8.45. The van der Waals surface area contributed by atoms with E-state index in [0.29, 0.717) is 10.9 Å². The van der Waals surface area contributed by atoms with Gasteiger partial charge in [0.15, 0.2) is 16.8 Å². The molecule has 0 atom stereocenters. The summed E-state index contributed by atoms with van der Waals surface area (Å²) in [5.41, 5.74) is 2.92. The van der Waals surface area contributed by atoms with Crippen LogP contribution in [0.15, 0.2) is 84.3 Å². The Morgan fingerprint density at radius 3 is 2.48 bits per heavy atom. The van der Waals surface area contributed by atoms with Crippen molar-refractivity contribution >= 4 is 39.0 Å². The molecule has 0 saturated heterocycles. The first-order chi connectivity index (χ1) is 15.2. The molecule has 0 amide bonds. The monoisotopic (exact) mass is 442 g/mol. The molecule has 5 rings (SSSR count). The molecule has 31 heavy (non-hydrogen) atoms. The molecule has 0 aliphatic rings. The number of nitrogens with zero attached hydrogens (tertiary/aromatic N) is 4. The van der Waals surface area contributed by atoms with E-state index >= 15 is 0 Å². The van der Waals surface area contributed by atoms with Crippen LogP contribution < -0.4 is 0 Å². The lowest BCUT2D eigenvalue weighted by molar-refractivity contribution is 0.102. The van der Waals surface area contributed by atoms with Gasteiger partial charge < -0.3 is 0 Å². The number of rotatable bonds is 6. The zero-order chi connectivity index (χ0) is 21.2. The molecule has 5 aromatic rings. The maximum absolute atomic E-state index is 13.1. The molecular formula is C24H18N4OS2. The number of aromatic nitrogens is 4. The summed E-state index contributed by atoms with van der Waals surface area (Å²) in [4.78, 5) is 18.0. The number of thiophene rings is 1. The number of aryl methyl sites for hydroxylation is 1. The number of pyridine rings is 1. The highest BCUT2D eigenvalue weighted by molar-refractivity contribution is 7.99. The fourth-order valence-corrected chi connectivity index (χ4v) is 5.56. The lowest BCUT2D eigenvalue weighted by Crippen LogP contribution is -2.04. The van der Waals surface area contributed by atoms with Gasteiger partial charge in [0.25, 0.3) is 0 Å². The van der Waals surface area contributed by atoms with Crippen LogP contribution in [-0.4, -0.2) is 31.3 Å². The summed E-state index contributed by atoms with van der Waals surface area (Å²) >= 11 is 2.97. The van der Waals surface area contributed by atoms with Crippen LogP contribution in [0.4, 0.5) is 0 Å². The SMILES string of the molecule is Cc1c(C(=O)CSc2nnc(-c3ccncc3)n2-c2ccccc2)sc2ccccc12. The van der Waals surface area contributed by atoms with E-state index in [1.165, 1.54) is 11.8 Å². The molecule has 0 unspecified atom stereocenters. The van der Waals surface area contributed by atoms with Crippen LogP contribution in [0.1, 0.15) is 15.2 Å². The van der Waals surface area contributed by atoms with E-state index < -0.39 is 0 Å². The molecule has 0 saturated carbocycles. The van der Waals surface area contributed by atoms with Crippen LogP contribution >= 0.6 is 23.1 Å². The number of hydrogen-bond acceptors (Lipinski definition) is 6. The molecule has 3 aromatic heterocycles. The van der Waals surface area contributed by atoms with Gasteiger partial charge in [-0.25, -0.2) is 0 Å². The third kappa shape index (κ3) is 3.78. The van der Waals surface area contributed by atoms with Gasteiger partial charge in [-0.15, -0.1) is 21.5 Å². The van der Waals surface area contributed by atoms with Gasteiger partial charge in [-0.1, -0.05) is 48.2 Å². The van der Waals surface area contributed by atoms with Gasteiger partial charge >= 0.3 is 0 Å². The van der Waals surface area contributed by atoms with Gasteiger partial charge in [-0.05, 0) is 48.2 Å². The Balaban J connectivity index is 1.47. The van der Waals surface area contributed by atoms with Gasteiger partial charge in [0.1, 0.15) is 0 Å². The van der Waals surface area contributed by atoms with Crippen LogP contribution in [-0.2, 0) is 0 Å². The summed E-state index contributed by atoms with van der Waals surface area (Å²) in [7, 11) is 0. The molecule has 0 bridgehead atoms. The van der Waals surface area contributed by atoms with Crippen molar-refractivity contribution in [3.8, 4) is 17.1 Å². The predicted molar refractivity (Wildman–Crippen MR) is 126 cm³/mol. The maximum Gasteiger partial charge on any atom is 0.196 e. The number of ketones is 1. The van der Waals surface area contributed by atoms with Gasteiger partial charge in [0.05, 0.1) is 10.6 Å². The lowest BCUT2D eigenvalue weighted by atomic mass is 10.1. The van der Waals surface area contributed by atoms with Crippen LogP contribution in [0.25, 0.3) is 27.2 Å². The molecule has 0 aliphatic carbocycles. The number of fused-ring (bicyclic) bond motifs is 1. The van der Waals surface area contributed by atoms with E-state index in [-0.39, 0.29) is 5.78 Å². The molecule has 0 radical (unpaired) electrons. The van der Waals surface area contributed by atoms with Gasteiger partial charge in [0, 0.05) is 28.3 Å². The normalized spacial score (nSPS) is 11.1. The van der Waals surface area contributed by atoms with E-state index in [2.05, 4.69) is 27.3 Å². The number of Topliss-reactive ketones (excluding diaryl/α,β-unsaturated/α-hetero) is 1. The summed E-state index contributed by atoms with van der Waals surface area (Å²) in [6.45, 7) is 2.02. The van der Waals surface area contributed by atoms with Crippen LogP contribution in [0.2, 0.25) is 0 Å². The summed E-state index contributed by atoms with van der Waals surface area (Å²) in [6, 6.07) is 21.9. The van der Waals surface area contributed by atoms with Crippen LogP contribution in [0, 0.1) is 6.92 Å². The smallest absolute Gasteiger partial charge is 0.196 e. The standard InChI is InChI=1S/C24H18N4OS2/c1-16-19-9-5-6-10-21(19)31-22(16)20(29)15-30-24-27-26-23(17-11-13-25-14-12-17)28(24)18-7-3-2-4-8-18/h2-14H,15H2,1H3. The summed E-state index contributed by atoms with van der Waals surface area (Å²) < 4.78 is 3.13. The van der Waals surface area contributed by atoms with E-state index in [1.807, 2.05) is 66.1 Å². The summed E-state index contributed by atoms with van der Waals surface area (Å²) in [5, 5.41) is 10.7. The number of hydrogen-bond donors (Lipinski definition) is 0. The topological polar surface area (TPSA) is 60.7 Å². The van der Waals surface area contributed by atoms with Crippen molar-refractivity contribution in [1.29, 1.82) is 0 Å². The van der Waals surface area contributed by atoms with Crippen molar-refractivity contribution < 1.29 is 4.79 Å². The molecule has 0 aliphatic heterocycles. The molecule has 0 N–H and O–H groups in total. The zero-order valence-corrected chi connectivity index (χ0v) is 18.4. The number of para-hydroxylation sites is 1. The number of benzene rings is 2. The Hall–Kier alpha value is -3.29. The predicted octanol–water partition coefficient (Wildman–Crippen LogP) is 5.83. The highest BCUT2D eigenvalue weighted by Gasteiger charge is 2.20. The van der Waals surface area contributed by atoms with Crippen molar-refractivity contribution in [3.05, 3.63) is 89.6 Å². The van der Waals surface area contributed by atoms with Crippen molar-refractivity contribution in [2.45, 2.75) is 12.1 Å². The first kappa shape index (κ1) is 19.7. The molecule has 3 heterocycles. The van der Waals surface area contributed by atoms with Crippen molar-refractivity contribution in [3.63, 3.8) is 0 Å². The molecule has 7 heteroatoms. The fourth-order valence-electron chi connectivity index (χ4n) is 3.50. The van der Waals surface area contributed by atoms with Gasteiger partial charge in [-0.3, -0.25) is 14.3 Å². The Morgan fingerprint density at radius 2 is 1.71 bits per heavy atom. The molecule has 0 fully saturated rings. The average Bonchev–Trinajstić information content (AvgIpc) is 3.40. The fraction of sp³-hybridized carbons (Fsp3) is 0.0833. The Labute approximate surface area is 187 Å². The highest BCUT2D eigenvalue weighted by Crippen LogP contribution is 2.33. The minimum absolute atomic E-state index is 0.108. The molecule has 2 aromatic carbocycles. The van der Waals surface area contributed by atoms with Crippen molar-refractivity contribution in [2.24, 2.45) is 0 Å². The highest BCUT2D eigenvalue weighted by atomic mass is 32.2. The Kier molecular flexibility index (Phi) is 5.36. The second-order valence-electron chi connectivity index (χ2n) is 6.98. The Bertz CT molecular complexity index is 1360. The van der Waals surface area contributed by atoms with Crippen LogP contribution in [0.5, 0.6) is 0 Å². The van der Waals surface area contributed by atoms with E-state index in [9.17, 15) is 4.79 Å². The van der Waals surface area contributed by atoms with E-state index in [4.69, 9.17) is 0 Å². The second-order valence-corrected chi connectivity index (χ2v) is 8.97. The molecule has 5 nitrogen and oxygen atoms in total. The van der Waals surface area contributed by atoms with Gasteiger partial charge in [0.2, 0.25) is 0 Å². The zero-order valence-electron chi connectivity index (χ0n) is 16.7. The van der Waals surface area contributed by atoms with E-state index in [0.717, 1.165) is 37.6 Å². The van der Waals surface area contributed by atoms with E-state index in [1.54, 1.807) is 23.7 Å². The van der Waals surface area contributed by atoms with Crippen molar-refractivity contribution in [1.82, 2.24) is 19.7 Å².